The van der Waals surface area contributed by atoms with E-state index in [1.54, 1.807) is 23.9 Å². The highest BCUT2D eigenvalue weighted by molar-refractivity contribution is 7.98. The topological polar surface area (TPSA) is 62.1 Å². The number of hydrogen-bond donors (Lipinski definition) is 0. The molecule has 3 rings (SSSR count). The molecule has 142 valence electrons. The normalized spacial score (nSPS) is 11.4. The van der Waals surface area contributed by atoms with Crippen LogP contribution in [-0.4, -0.2) is 33.7 Å². The lowest BCUT2D eigenvalue weighted by atomic mass is 10.2. The van der Waals surface area contributed by atoms with Crippen molar-refractivity contribution in [2.45, 2.75) is 24.2 Å². The Bertz CT molecular complexity index is 913. The molecule has 1 aromatic heterocycles. The third-order valence-corrected chi connectivity index (χ3v) is 4.52. The van der Waals surface area contributed by atoms with Crippen molar-refractivity contribution in [3.8, 4) is 17.2 Å². The van der Waals surface area contributed by atoms with Gasteiger partial charge in [-0.1, -0.05) is 30.0 Å². The number of ether oxygens (including phenoxy) is 2. The van der Waals surface area contributed by atoms with E-state index in [0.29, 0.717) is 22.3 Å². The summed E-state index contributed by atoms with van der Waals surface area (Å²) in [6, 6.07) is 11.3. The molecule has 0 unspecified atom stereocenters. The lowest BCUT2D eigenvalue weighted by molar-refractivity contribution is -0.274. The van der Waals surface area contributed by atoms with Crippen LogP contribution in [0, 0.1) is 6.92 Å². The van der Waals surface area contributed by atoms with E-state index >= 15 is 0 Å². The van der Waals surface area contributed by atoms with Gasteiger partial charge in [-0.2, -0.15) is 4.68 Å². The second-order valence-corrected chi connectivity index (χ2v) is 6.47. The van der Waals surface area contributed by atoms with Gasteiger partial charge in [0.2, 0.25) is 5.16 Å². The van der Waals surface area contributed by atoms with Crippen molar-refractivity contribution in [3.05, 3.63) is 53.6 Å². The Balaban J connectivity index is 1.74. The molecule has 0 radical (unpaired) electrons. The summed E-state index contributed by atoms with van der Waals surface area (Å²) in [5, 5.41) is 12.3. The monoisotopic (exact) mass is 396 g/mol. The second-order valence-electron chi connectivity index (χ2n) is 5.53. The van der Waals surface area contributed by atoms with Gasteiger partial charge in [0, 0.05) is 5.75 Å². The summed E-state index contributed by atoms with van der Waals surface area (Å²) >= 11 is 1.35. The van der Waals surface area contributed by atoms with Gasteiger partial charge in [-0.15, -0.1) is 18.3 Å². The van der Waals surface area contributed by atoms with Crippen LogP contribution in [-0.2, 0) is 5.75 Å². The summed E-state index contributed by atoms with van der Waals surface area (Å²) < 4.78 is 47.4. The smallest absolute Gasteiger partial charge is 0.494 e. The fourth-order valence-corrected chi connectivity index (χ4v) is 3.16. The van der Waals surface area contributed by atoms with Crippen LogP contribution in [0.1, 0.15) is 11.1 Å². The van der Waals surface area contributed by atoms with Gasteiger partial charge in [-0.3, -0.25) is 0 Å². The lowest BCUT2D eigenvalue weighted by Crippen LogP contribution is -2.16. The molecular formula is C17H15F3N4O2S. The maximum Gasteiger partial charge on any atom is 0.573 e. The molecule has 0 aliphatic rings. The minimum absolute atomic E-state index is 0.259. The molecule has 0 saturated carbocycles. The van der Waals surface area contributed by atoms with E-state index in [4.69, 9.17) is 4.74 Å². The highest BCUT2D eigenvalue weighted by Crippen LogP contribution is 2.29. The molecule has 0 spiro atoms. The van der Waals surface area contributed by atoms with Crippen LogP contribution in [0.4, 0.5) is 13.2 Å². The molecule has 0 aliphatic heterocycles. The zero-order valence-corrected chi connectivity index (χ0v) is 15.2. The van der Waals surface area contributed by atoms with Gasteiger partial charge in [0.25, 0.3) is 0 Å². The standard InChI is InChI=1S/C17H15F3N4O2S/c1-11-3-8-15(25-2)14(9-11)24-16(21-22-23-24)27-10-12-4-6-13(7-5-12)26-17(18,19)20/h3-9H,10H2,1-2H3. The maximum absolute atomic E-state index is 12.2. The number of nitrogens with zero attached hydrogens (tertiary/aromatic N) is 4. The van der Waals surface area contributed by atoms with Crippen molar-refractivity contribution in [2.24, 2.45) is 0 Å². The third kappa shape index (κ3) is 4.91. The van der Waals surface area contributed by atoms with Crippen LogP contribution < -0.4 is 9.47 Å². The summed E-state index contributed by atoms with van der Waals surface area (Å²) in [4.78, 5) is 0. The van der Waals surface area contributed by atoms with Crippen LogP contribution in [0.5, 0.6) is 11.5 Å². The maximum atomic E-state index is 12.2. The van der Waals surface area contributed by atoms with Crippen molar-refractivity contribution < 1.29 is 22.6 Å². The molecule has 27 heavy (non-hydrogen) atoms. The molecule has 0 atom stereocenters. The van der Waals surface area contributed by atoms with E-state index in [1.807, 2.05) is 25.1 Å². The lowest BCUT2D eigenvalue weighted by Gasteiger charge is -2.11. The first kappa shape index (κ1) is 19.0. The number of rotatable bonds is 6. The first-order valence-corrected chi connectivity index (χ1v) is 8.75. The number of hydrogen-bond acceptors (Lipinski definition) is 6. The van der Waals surface area contributed by atoms with Crippen LogP contribution in [0.25, 0.3) is 5.69 Å². The van der Waals surface area contributed by atoms with Gasteiger partial charge in [0.05, 0.1) is 7.11 Å². The zero-order valence-electron chi connectivity index (χ0n) is 14.4. The van der Waals surface area contributed by atoms with E-state index in [2.05, 4.69) is 20.3 Å². The zero-order chi connectivity index (χ0) is 19.4. The SMILES string of the molecule is COc1ccc(C)cc1-n1nnnc1SCc1ccc(OC(F)(F)F)cc1. The number of halogens is 3. The molecule has 0 fully saturated rings. The second kappa shape index (κ2) is 7.87. The minimum atomic E-state index is -4.70. The number of benzene rings is 2. The van der Waals surface area contributed by atoms with E-state index in [1.165, 1.54) is 23.9 Å². The number of alkyl halides is 3. The molecule has 0 saturated heterocycles. The predicted octanol–water partition coefficient (Wildman–Crippen LogP) is 4.17. The molecule has 10 heteroatoms. The quantitative estimate of drug-likeness (QED) is 0.583. The molecule has 0 bridgehead atoms. The van der Waals surface area contributed by atoms with Gasteiger partial charge in [-0.25, -0.2) is 0 Å². The predicted molar refractivity (Wildman–Crippen MR) is 93.1 cm³/mol. The van der Waals surface area contributed by atoms with Gasteiger partial charge in [-0.05, 0) is 52.7 Å². The fraction of sp³-hybridized carbons (Fsp3) is 0.235. The first-order chi connectivity index (χ1) is 12.9. The number of thioether (sulfide) groups is 1. The van der Waals surface area contributed by atoms with Crippen molar-refractivity contribution >= 4 is 11.8 Å². The highest BCUT2D eigenvalue weighted by atomic mass is 32.2. The van der Waals surface area contributed by atoms with Gasteiger partial charge in [0.15, 0.2) is 0 Å². The number of methoxy groups -OCH3 is 1. The summed E-state index contributed by atoms with van der Waals surface area (Å²) in [6.07, 6.45) is -4.70. The van der Waals surface area contributed by atoms with Crippen molar-refractivity contribution in [1.82, 2.24) is 20.2 Å². The molecule has 1 heterocycles. The van der Waals surface area contributed by atoms with Gasteiger partial charge in [0.1, 0.15) is 17.2 Å². The Hall–Kier alpha value is -2.75. The van der Waals surface area contributed by atoms with Crippen LogP contribution >= 0.6 is 11.8 Å². The molecular weight excluding hydrogens is 381 g/mol. The highest BCUT2D eigenvalue weighted by Gasteiger charge is 2.30. The Kier molecular flexibility index (Phi) is 5.54. The summed E-state index contributed by atoms with van der Waals surface area (Å²) in [7, 11) is 1.57. The van der Waals surface area contributed by atoms with E-state index < -0.39 is 6.36 Å². The number of aryl methyl sites for hydroxylation is 1. The van der Waals surface area contributed by atoms with Crippen LogP contribution in [0.3, 0.4) is 0 Å². The summed E-state index contributed by atoms with van der Waals surface area (Å²) in [5.41, 5.74) is 2.54. The minimum Gasteiger partial charge on any atom is -0.494 e. The van der Waals surface area contributed by atoms with Crippen molar-refractivity contribution in [3.63, 3.8) is 0 Å². The van der Waals surface area contributed by atoms with Crippen LogP contribution in [0.15, 0.2) is 47.6 Å². The van der Waals surface area contributed by atoms with E-state index in [-0.39, 0.29) is 5.75 Å². The number of tetrazole rings is 1. The van der Waals surface area contributed by atoms with E-state index in [0.717, 1.165) is 11.1 Å². The molecule has 0 aliphatic carbocycles. The number of aromatic nitrogens is 4. The summed E-state index contributed by atoms with van der Waals surface area (Å²) in [5.74, 6) is 0.842. The Morgan fingerprint density at radius 2 is 1.85 bits per heavy atom. The van der Waals surface area contributed by atoms with Gasteiger partial charge >= 0.3 is 6.36 Å². The van der Waals surface area contributed by atoms with Crippen molar-refractivity contribution in [2.75, 3.05) is 7.11 Å². The molecule has 2 aromatic carbocycles. The largest absolute Gasteiger partial charge is 0.573 e. The fourth-order valence-electron chi connectivity index (χ4n) is 2.32. The Morgan fingerprint density at radius 1 is 1.11 bits per heavy atom. The Labute approximate surface area is 157 Å². The first-order valence-electron chi connectivity index (χ1n) is 7.76. The van der Waals surface area contributed by atoms with Crippen LogP contribution in [0.2, 0.25) is 0 Å². The molecule has 0 N–H and O–H groups in total. The average Bonchev–Trinajstić information content (AvgIpc) is 3.08. The Morgan fingerprint density at radius 3 is 2.52 bits per heavy atom. The van der Waals surface area contributed by atoms with E-state index in [9.17, 15) is 13.2 Å². The van der Waals surface area contributed by atoms with Gasteiger partial charge < -0.3 is 9.47 Å². The molecule has 0 amide bonds. The van der Waals surface area contributed by atoms with Crippen molar-refractivity contribution in [1.29, 1.82) is 0 Å². The third-order valence-electron chi connectivity index (χ3n) is 3.53. The average molecular weight is 396 g/mol. The molecule has 6 nitrogen and oxygen atoms in total. The summed E-state index contributed by atoms with van der Waals surface area (Å²) in [6.45, 7) is 1.95. The molecule has 3 aromatic rings.